The van der Waals surface area contributed by atoms with Crippen molar-refractivity contribution in [1.82, 2.24) is 4.90 Å². The minimum absolute atomic E-state index is 0.0824. The van der Waals surface area contributed by atoms with Gasteiger partial charge in [-0.2, -0.15) is 5.26 Å². The van der Waals surface area contributed by atoms with Crippen molar-refractivity contribution in [3.05, 3.63) is 32.4 Å². The molecule has 0 aromatic heterocycles. The largest absolute Gasteiger partial charge is 0.338 e. The molecule has 0 unspecified atom stereocenters. The van der Waals surface area contributed by atoms with Crippen LogP contribution in [0.2, 0.25) is 5.02 Å². The van der Waals surface area contributed by atoms with Crippen molar-refractivity contribution in [2.45, 2.75) is 13.3 Å². The maximum atomic E-state index is 12.1. The minimum Gasteiger partial charge on any atom is -0.338 e. The summed E-state index contributed by atoms with van der Waals surface area (Å²) in [6.07, 6.45) is 0.345. The maximum absolute atomic E-state index is 12.1. The van der Waals surface area contributed by atoms with E-state index in [1.165, 1.54) is 0 Å². The van der Waals surface area contributed by atoms with E-state index in [0.717, 1.165) is 3.57 Å². The van der Waals surface area contributed by atoms with E-state index < -0.39 is 0 Å². The molecule has 0 spiro atoms. The van der Waals surface area contributed by atoms with Crippen LogP contribution in [0.3, 0.4) is 0 Å². The Balaban J connectivity index is 2.86. The molecular formula is C12H12ClIN2O. The number of amides is 1. The van der Waals surface area contributed by atoms with Gasteiger partial charge in [-0.05, 0) is 47.7 Å². The molecule has 1 amide bonds. The smallest absolute Gasteiger partial charge is 0.253 e. The molecule has 0 N–H and O–H groups in total. The molecule has 1 rings (SSSR count). The molecule has 1 aromatic rings. The van der Waals surface area contributed by atoms with E-state index in [-0.39, 0.29) is 5.91 Å². The van der Waals surface area contributed by atoms with Gasteiger partial charge in [0.25, 0.3) is 5.91 Å². The molecule has 0 atom stereocenters. The van der Waals surface area contributed by atoms with Crippen LogP contribution in [-0.4, -0.2) is 23.9 Å². The molecule has 0 bridgehead atoms. The van der Waals surface area contributed by atoms with Gasteiger partial charge in [-0.1, -0.05) is 11.6 Å². The molecule has 17 heavy (non-hydrogen) atoms. The molecule has 90 valence electrons. The highest BCUT2D eigenvalue weighted by Crippen LogP contribution is 2.20. The third-order valence-electron chi connectivity index (χ3n) is 2.33. The average molecular weight is 363 g/mol. The second-order valence-electron chi connectivity index (χ2n) is 3.42. The van der Waals surface area contributed by atoms with Crippen LogP contribution in [0.15, 0.2) is 18.2 Å². The highest BCUT2D eigenvalue weighted by Gasteiger charge is 2.14. The van der Waals surface area contributed by atoms with Crippen molar-refractivity contribution in [2.24, 2.45) is 0 Å². The van der Waals surface area contributed by atoms with Crippen LogP contribution in [0.5, 0.6) is 0 Å². The van der Waals surface area contributed by atoms with Crippen molar-refractivity contribution in [1.29, 1.82) is 5.26 Å². The van der Waals surface area contributed by atoms with Crippen molar-refractivity contribution >= 4 is 40.1 Å². The summed E-state index contributed by atoms with van der Waals surface area (Å²) >= 11 is 8.09. The molecule has 1 aromatic carbocycles. The number of hydrogen-bond donors (Lipinski definition) is 0. The maximum Gasteiger partial charge on any atom is 0.253 e. The van der Waals surface area contributed by atoms with Crippen molar-refractivity contribution in [3.63, 3.8) is 0 Å². The monoisotopic (exact) mass is 362 g/mol. The van der Waals surface area contributed by atoms with Gasteiger partial charge in [-0.25, -0.2) is 0 Å². The Morgan fingerprint density at radius 3 is 2.82 bits per heavy atom. The summed E-state index contributed by atoms with van der Waals surface area (Å²) in [7, 11) is 0. The summed E-state index contributed by atoms with van der Waals surface area (Å²) in [6.45, 7) is 2.93. The lowest BCUT2D eigenvalue weighted by Crippen LogP contribution is -2.31. The molecule has 3 nitrogen and oxygen atoms in total. The van der Waals surface area contributed by atoms with Crippen molar-refractivity contribution < 1.29 is 4.79 Å². The molecule has 0 saturated heterocycles. The number of rotatable bonds is 4. The lowest BCUT2D eigenvalue weighted by Gasteiger charge is -2.19. The standard InChI is InChI=1S/C12H12ClIN2O/c1-2-16(7-3-6-15)12(17)9-4-5-11(14)10(13)8-9/h4-5,8H,2-3,7H2,1H3. The van der Waals surface area contributed by atoms with E-state index in [1.54, 1.807) is 17.0 Å². The SMILES string of the molecule is CCN(CCC#N)C(=O)c1ccc(I)c(Cl)c1. The number of hydrogen-bond acceptors (Lipinski definition) is 2. The van der Waals surface area contributed by atoms with Gasteiger partial charge in [-0.3, -0.25) is 4.79 Å². The first-order valence-electron chi connectivity index (χ1n) is 5.21. The van der Waals surface area contributed by atoms with E-state index in [1.807, 2.05) is 19.1 Å². The normalized spacial score (nSPS) is 9.76. The van der Waals surface area contributed by atoms with E-state index in [2.05, 4.69) is 22.6 Å². The fraction of sp³-hybridized carbons (Fsp3) is 0.333. The zero-order valence-electron chi connectivity index (χ0n) is 9.41. The van der Waals surface area contributed by atoms with Gasteiger partial charge in [0, 0.05) is 22.2 Å². The lowest BCUT2D eigenvalue weighted by molar-refractivity contribution is 0.0768. The van der Waals surface area contributed by atoms with Crippen molar-refractivity contribution in [2.75, 3.05) is 13.1 Å². The average Bonchev–Trinajstić information content (AvgIpc) is 2.33. The summed E-state index contributed by atoms with van der Waals surface area (Å²) in [5, 5.41) is 9.11. The highest BCUT2D eigenvalue weighted by molar-refractivity contribution is 14.1. The number of halogens is 2. The first-order valence-corrected chi connectivity index (χ1v) is 6.67. The Kier molecular flexibility index (Phi) is 5.72. The number of benzene rings is 1. The Morgan fingerprint density at radius 2 is 2.29 bits per heavy atom. The zero-order valence-corrected chi connectivity index (χ0v) is 12.3. The molecule has 0 aliphatic carbocycles. The summed E-state index contributed by atoms with van der Waals surface area (Å²) in [5.41, 5.74) is 0.565. The topological polar surface area (TPSA) is 44.1 Å². The van der Waals surface area contributed by atoms with Gasteiger partial charge < -0.3 is 4.90 Å². The highest BCUT2D eigenvalue weighted by atomic mass is 127. The zero-order chi connectivity index (χ0) is 12.8. The Bertz CT molecular complexity index is 456. The second kappa shape index (κ2) is 6.82. The first kappa shape index (κ1) is 14.3. The van der Waals surface area contributed by atoms with Crippen molar-refractivity contribution in [3.8, 4) is 6.07 Å². The molecule has 0 heterocycles. The van der Waals surface area contributed by atoms with Crippen LogP contribution in [-0.2, 0) is 0 Å². The predicted molar refractivity (Wildman–Crippen MR) is 76.0 cm³/mol. The molecule has 0 aliphatic heterocycles. The molecule has 0 aliphatic rings. The Labute approximate surface area is 120 Å². The predicted octanol–water partition coefficient (Wildman–Crippen LogP) is 3.32. The van der Waals surface area contributed by atoms with E-state index in [4.69, 9.17) is 16.9 Å². The first-order chi connectivity index (χ1) is 8.10. The summed E-state index contributed by atoms with van der Waals surface area (Å²) in [5.74, 6) is -0.0824. The van der Waals surface area contributed by atoms with Crippen LogP contribution in [0.4, 0.5) is 0 Å². The van der Waals surface area contributed by atoms with Gasteiger partial charge in [0.2, 0.25) is 0 Å². The number of nitrogens with zero attached hydrogens (tertiary/aromatic N) is 2. The van der Waals surface area contributed by atoms with Crippen LogP contribution in [0, 0.1) is 14.9 Å². The Morgan fingerprint density at radius 1 is 1.59 bits per heavy atom. The number of carbonyl (C=O) groups is 1. The van der Waals surface area contributed by atoms with E-state index in [0.29, 0.717) is 30.1 Å². The summed E-state index contributed by atoms with van der Waals surface area (Å²) in [4.78, 5) is 13.7. The van der Waals surface area contributed by atoms with E-state index in [9.17, 15) is 4.79 Å². The Hall–Kier alpha value is -0.800. The lowest BCUT2D eigenvalue weighted by atomic mass is 10.2. The molecular weight excluding hydrogens is 351 g/mol. The fourth-order valence-electron chi connectivity index (χ4n) is 1.40. The number of carbonyl (C=O) groups excluding carboxylic acids is 1. The number of nitriles is 1. The van der Waals surface area contributed by atoms with Crippen LogP contribution in [0.1, 0.15) is 23.7 Å². The van der Waals surface area contributed by atoms with Crippen LogP contribution in [0.25, 0.3) is 0 Å². The fourth-order valence-corrected chi connectivity index (χ4v) is 1.92. The quantitative estimate of drug-likeness (QED) is 0.771. The molecule has 0 radical (unpaired) electrons. The summed E-state index contributed by atoms with van der Waals surface area (Å²) in [6, 6.07) is 7.27. The molecule has 5 heteroatoms. The molecule has 0 fully saturated rings. The van der Waals surface area contributed by atoms with Gasteiger partial charge in [0.05, 0.1) is 17.5 Å². The second-order valence-corrected chi connectivity index (χ2v) is 4.99. The summed E-state index contributed by atoms with van der Waals surface area (Å²) < 4.78 is 0.917. The van der Waals surface area contributed by atoms with Crippen LogP contribution >= 0.6 is 34.2 Å². The van der Waals surface area contributed by atoms with Gasteiger partial charge >= 0.3 is 0 Å². The third kappa shape index (κ3) is 3.86. The van der Waals surface area contributed by atoms with Gasteiger partial charge in [-0.15, -0.1) is 0 Å². The minimum atomic E-state index is -0.0824. The van der Waals surface area contributed by atoms with Gasteiger partial charge in [0.1, 0.15) is 0 Å². The van der Waals surface area contributed by atoms with E-state index >= 15 is 0 Å². The third-order valence-corrected chi connectivity index (χ3v) is 3.90. The molecule has 0 saturated carbocycles. The van der Waals surface area contributed by atoms with Gasteiger partial charge in [0.15, 0.2) is 0 Å². The van der Waals surface area contributed by atoms with Crippen LogP contribution < -0.4 is 0 Å².